The molecule has 0 aliphatic carbocycles. The number of amides is 1. The predicted molar refractivity (Wildman–Crippen MR) is 83.3 cm³/mol. The highest BCUT2D eigenvalue weighted by Crippen LogP contribution is 2.32. The normalized spacial score (nSPS) is 19.2. The molecular weight excluding hydrogens is 266 g/mol. The molecule has 2 rings (SSSR count). The first kappa shape index (κ1) is 15.6. The van der Waals surface area contributed by atoms with E-state index in [1.54, 1.807) is 0 Å². The number of carbonyl (C=O) groups excluding carboxylic acids is 1. The van der Waals surface area contributed by atoms with Crippen molar-refractivity contribution in [2.75, 3.05) is 18.9 Å². The number of ether oxygens (including phenoxy) is 1. The third kappa shape index (κ3) is 4.09. The van der Waals surface area contributed by atoms with E-state index < -0.39 is 5.60 Å². The largest absolute Gasteiger partial charge is 0.444 e. The van der Waals surface area contributed by atoms with Crippen molar-refractivity contribution in [3.05, 3.63) is 23.9 Å². The van der Waals surface area contributed by atoms with E-state index in [4.69, 9.17) is 4.74 Å². The number of pyridine rings is 1. The molecule has 0 spiro atoms. The van der Waals surface area contributed by atoms with Gasteiger partial charge in [-0.25, -0.2) is 9.78 Å². The Balaban J connectivity index is 2.16. The van der Waals surface area contributed by atoms with Crippen molar-refractivity contribution < 1.29 is 9.53 Å². The molecule has 116 valence electrons. The zero-order valence-corrected chi connectivity index (χ0v) is 13.3. The first-order valence-electron chi connectivity index (χ1n) is 7.54. The van der Waals surface area contributed by atoms with Crippen LogP contribution < -0.4 is 5.32 Å². The first-order valence-corrected chi connectivity index (χ1v) is 7.54. The third-order valence-electron chi connectivity index (χ3n) is 3.56. The number of aromatic nitrogens is 1. The molecule has 1 atom stereocenters. The summed E-state index contributed by atoms with van der Waals surface area (Å²) in [6.07, 6.45) is 4.72. The number of nitrogens with one attached hydrogen (secondary N) is 1. The second kappa shape index (κ2) is 6.33. The highest BCUT2D eigenvalue weighted by Gasteiger charge is 2.31. The molecule has 2 heterocycles. The summed E-state index contributed by atoms with van der Waals surface area (Å²) in [4.78, 5) is 18.6. The maximum atomic E-state index is 12.4. The fourth-order valence-corrected chi connectivity index (χ4v) is 2.57. The molecule has 1 fully saturated rings. The number of piperidine rings is 1. The fraction of sp³-hybridized carbons (Fsp3) is 0.625. The van der Waals surface area contributed by atoms with Gasteiger partial charge in [-0.3, -0.25) is 0 Å². The number of hydrogen-bond donors (Lipinski definition) is 1. The van der Waals surface area contributed by atoms with Gasteiger partial charge < -0.3 is 15.0 Å². The van der Waals surface area contributed by atoms with Gasteiger partial charge in [-0.2, -0.15) is 0 Å². The third-order valence-corrected chi connectivity index (χ3v) is 3.56. The SMILES string of the molecule is CNc1ccc([C@H]2CCCCN2C(=O)OC(C)(C)C)cn1. The molecule has 1 aliphatic rings. The molecule has 1 N–H and O–H groups in total. The number of anilines is 1. The molecule has 0 bridgehead atoms. The minimum absolute atomic E-state index is 0.0620. The highest BCUT2D eigenvalue weighted by molar-refractivity contribution is 5.69. The van der Waals surface area contributed by atoms with Crippen LogP contribution in [0.4, 0.5) is 10.6 Å². The summed E-state index contributed by atoms with van der Waals surface area (Å²) in [5.74, 6) is 0.832. The lowest BCUT2D eigenvalue weighted by Crippen LogP contribution is -2.41. The molecule has 5 nitrogen and oxygen atoms in total. The number of nitrogens with zero attached hydrogens (tertiary/aromatic N) is 2. The second-order valence-corrected chi connectivity index (χ2v) is 6.41. The minimum atomic E-state index is -0.465. The van der Waals surface area contributed by atoms with E-state index in [2.05, 4.69) is 10.3 Å². The van der Waals surface area contributed by atoms with Gasteiger partial charge in [-0.05, 0) is 51.7 Å². The number of carbonyl (C=O) groups is 1. The van der Waals surface area contributed by atoms with Gasteiger partial charge in [0, 0.05) is 19.8 Å². The summed E-state index contributed by atoms with van der Waals surface area (Å²) < 4.78 is 5.53. The molecule has 1 saturated heterocycles. The number of rotatable bonds is 2. The first-order chi connectivity index (χ1) is 9.90. The van der Waals surface area contributed by atoms with Crippen LogP contribution in [0.2, 0.25) is 0 Å². The van der Waals surface area contributed by atoms with Crippen LogP contribution in [-0.2, 0) is 4.74 Å². The molecule has 1 amide bonds. The quantitative estimate of drug-likeness (QED) is 0.904. The maximum Gasteiger partial charge on any atom is 0.410 e. The van der Waals surface area contributed by atoms with Gasteiger partial charge in [0.1, 0.15) is 11.4 Å². The molecule has 0 radical (unpaired) electrons. The lowest BCUT2D eigenvalue weighted by molar-refractivity contribution is 0.00948. The topological polar surface area (TPSA) is 54.5 Å². The Kier molecular flexibility index (Phi) is 4.70. The predicted octanol–water partition coefficient (Wildman–Crippen LogP) is 3.59. The molecule has 1 aromatic rings. The van der Waals surface area contributed by atoms with Crippen LogP contribution in [0.5, 0.6) is 0 Å². The summed E-state index contributed by atoms with van der Waals surface area (Å²) in [5.41, 5.74) is 0.604. The van der Waals surface area contributed by atoms with Gasteiger partial charge in [0.05, 0.1) is 6.04 Å². The van der Waals surface area contributed by atoms with Gasteiger partial charge >= 0.3 is 6.09 Å². The van der Waals surface area contributed by atoms with Gasteiger partial charge in [0.15, 0.2) is 0 Å². The van der Waals surface area contributed by atoms with Gasteiger partial charge in [0.2, 0.25) is 0 Å². The average molecular weight is 291 g/mol. The van der Waals surface area contributed by atoms with Crippen LogP contribution in [0.25, 0.3) is 0 Å². The van der Waals surface area contributed by atoms with Crippen LogP contribution in [0.3, 0.4) is 0 Å². The van der Waals surface area contributed by atoms with Crippen molar-refractivity contribution in [1.82, 2.24) is 9.88 Å². The van der Waals surface area contributed by atoms with E-state index >= 15 is 0 Å². The molecule has 1 aromatic heterocycles. The summed E-state index contributed by atoms with van der Waals surface area (Å²) >= 11 is 0. The summed E-state index contributed by atoms with van der Waals surface area (Å²) in [6.45, 7) is 6.43. The van der Waals surface area contributed by atoms with Crippen molar-refractivity contribution in [2.45, 2.75) is 51.7 Å². The van der Waals surface area contributed by atoms with E-state index in [0.717, 1.165) is 37.2 Å². The Morgan fingerprint density at radius 3 is 2.71 bits per heavy atom. The van der Waals surface area contributed by atoms with E-state index in [0.29, 0.717) is 0 Å². The van der Waals surface area contributed by atoms with Gasteiger partial charge in [0.25, 0.3) is 0 Å². The fourth-order valence-electron chi connectivity index (χ4n) is 2.57. The van der Waals surface area contributed by atoms with Gasteiger partial charge in [-0.15, -0.1) is 0 Å². The Hall–Kier alpha value is -1.78. The maximum absolute atomic E-state index is 12.4. The minimum Gasteiger partial charge on any atom is -0.444 e. The molecule has 0 aromatic carbocycles. The lowest BCUT2D eigenvalue weighted by atomic mass is 9.97. The van der Waals surface area contributed by atoms with Crippen molar-refractivity contribution in [1.29, 1.82) is 0 Å². The van der Waals surface area contributed by atoms with E-state index in [1.807, 2.05) is 51.0 Å². The standard InChI is InChI=1S/C16H25N3O2/c1-16(2,3)21-15(20)19-10-6-5-7-13(19)12-8-9-14(17-4)18-11-12/h8-9,11,13H,5-7,10H2,1-4H3,(H,17,18)/t13-/m1/s1. The Labute approximate surface area is 126 Å². The number of likely N-dealkylation sites (tertiary alicyclic amines) is 1. The molecule has 5 heteroatoms. The van der Waals surface area contributed by atoms with Gasteiger partial charge in [-0.1, -0.05) is 6.07 Å². The van der Waals surface area contributed by atoms with Crippen molar-refractivity contribution in [3.63, 3.8) is 0 Å². The molecule has 1 aliphatic heterocycles. The second-order valence-electron chi connectivity index (χ2n) is 6.41. The van der Waals surface area contributed by atoms with E-state index in [9.17, 15) is 4.79 Å². The van der Waals surface area contributed by atoms with Crippen molar-refractivity contribution in [2.24, 2.45) is 0 Å². The summed E-state index contributed by atoms with van der Waals surface area (Å²) in [6, 6.07) is 4.04. The Morgan fingerprint density at radius 1 is 1.38 bits per heavy atom. The summed E-state index contributed by atoms with van der Waals surface area (Å²) in [7, 11) is 1.84. The molecule has 0 saturated carbocycles. The monoisotopic (exact) mass is 291 g/mol. The Bertz CT molecular complexity index is 479. The number of hydrogen-bond acceptors (Lipinski definition) is 4. The molecular formula is C16H25N3O2. The molecule has 0 unspecified atom stereocenters. The van der Waals surface area contributed by atoms with E-state index in [1.165, 1.54) is 0 Å². The molecule has 21 heavy (non-hydrogen) atoms. The lowest BCUT2D eigenvalue weighted by Gasteiger charge is -2.36. The Morgan fingerprint density at radius 2 is 2.14 bits per heavy atom. The zero-order valence-electron chi connectivity index (χ0n) is 13.3. The van der Waals surface area contributed by atoms with E-state index in [-0.39, 0.29) is 12.1 Å². The van der Waals surface area contributed by atoms with Crippen LogP contribution in [0, 0.1) is 0 Å². The summed E-state index contributed by atoms with van der Waals surface area (Å²) in [5, 5.41) is 3.01. The smallest absolute Gasteiger partial charge is 0.410 e. The zero-order chi connectivity index (χ0) is 15.5. The van der Waals surface area contributed by atoms with Crippen molar-refractivity contribution >= 4 is 11.9 Å². The highest BCUT2D eigenvalue weighted by atomic mass is 16.6. The van der Waals surface area contributed by atoms with Crippen LogP contribution in [0.1, 0.15) is 51.6 Å². The van der Waals surface area contributed by atoms with Crippen LogP contribution in [0.15, 0.2) is 18.3 Å². The van der Waals surface area contributed by atoms with Crippen molar-refractivity contribution in [3.8, 4) is 0 Å². The van der Waals surface area contributed by atoms with Crippen LogP contribution in [-0.4, -0.2) is 35.2 Å². The van der Waals surface area contributed by atoms with Crippen LogP contribution >= 0.6 is 0 Å². The average Bonchev–Trinajstić information content (AvgIpc) is 2.45.